The van der Waals surface area contributed by atoms with Crippen molar-refractivity contribution in [2.75, 3.05) is 31.4 Å². The number of sulfonamides is 1. The van der Waals surface area contributed by atoms with Crippen LogP contribution in [-0.2, 0) is 21.4 Å². The molecule has 1 aromatic carbocycles. The zero-order valence-corrected chi connectivity index (χ0v) is 18.1. The SMILES string of the molecule is COCc1nc(N2CCC(NS(C)(=O)=O)CC2)c2c(-c3ccccc3)csc2n1. The van der Waals surface area contributed by atoms with Gasteiger partial charge in [0.25, 0.3) is 0 Å². The molecular formula is C20H24N4O3S2. The van der Waals surface area contributed by atoms with E-state index in [1.54, 1.807) is 18.4 Å². The monoisotopic (exact) mass is 432 g/mol. The van der Waals surface area contributed by atoms with Gasteiger partial charge in [0.1, 0.15) is 17.3 Å². The van der Waals surface area contributed by atoms with E-state index in [-0.39, 0.29) is 6.04 Å². The van der Waals surface area contributed by atoms with Crippen molar-refractivity contribution in [1.29, 1.82) is 0 Å². The predicted octanol–water partition coefficient (Wildman–Crippen LogP) is 3.02. The van der Waals surface area contributed by atoms with E-state index in [1.807, 2.05) is 18.2 Å². The number of ether oxygens (including phenoxy) is 1. The molecule has 1 N–H and O–H groups in total. The lowest BCUT2D eigenvalue weighted by Gasteiger charge is -2.33. The van der Waals surface area contributed by atoms with Crippen LogP contribution in [0.15, 0.2) is 35.7 Å². The van der Waals surface area contributed by atoms with Gasteiger partial charge in [-0.25, -0.2) is 23.1 Å². The quantitative estimate of drug-likeness (QED) is 0.645. The Labute approximate surface area is 174 Å². The minimum Gasteiger partial charge on any atom is -0.377 e. The molecule has 29 heavy (non-hydrogen) atoms. The molecule has 0 amide bonds. The predicted molar refractivity (Wildman–Crippen MR) is 117 cm³/mol. The van der Waals surface area contributed by atoms with Crippen LogP contribution in [0.2, 0.25) is 0 Å². The number of nitrogens with zero attached hydrogens (tertiary/aromatic N) is 3. The van der Waals surface area contributed by atoms with Crippen molar-refractivity contribution in [1.82, 2.24) is 14.7 Å². The lowest BCUT2D eigenvalue weighted by Crippen LogP contribution is -2.44. The third kappa shape index (κ3) is 4.58. The average Bonchev–Trinajstić information content (AvgIpc) is 3.12. The molecule has 9 heteroatoms. The average molecular weight is 433 g/mol. The molecule has 0 radical (unpaired) electrons. The van der Waals surface area contributed by atoms with Gasteiger partial charge in [-0.3, -0.25) is 0 Å². The Morgan fingerprint density at radius 2 is 1.93 bits per heavy atom. The molecule has 7 nitrogen and oxygen atoms in total. The number of thiophene rings is 1. The van der Waals surface area contributed by atoms with Crippen LogP contribution in [0.3, 0.4) is 0 Å². The van der Waals surface area contributed by atoms with E-state index in [0.29, 0.717) is 12.4 Å². The van der Waals surface area contributed by atoms with Gasteiger partial charge in [-0.2, -0.15) is 0 Å². The number of hydrogen-bond acceptors (Lipinski definition) is 7. The van der Waals surface area contributed by atoms with Crippen LogP contribution in [-0.4, -0.2) is 50.9 Å². The summed E-state index contributed by atoms with van der Waals surface area (Å²) in [5.41, 5.74) is 2.26. The van der Waals surface area contributed by atoms with Crippen molar-refractivity contribution in [2.45, 2.75) is 25.5 Å². The summed E-state index contributed by atoms with van der Waals surface area (Å²) in [4.78, 5) is 12.7. The molecule has 1 aliphatic heterocycles. The number of nitrogens with one attached hydrogen (secondary N) is 1. The van der Waals surface area contributed by atoms with Crippen LogP contribution in [0, 0.1) is 0 Å². The molecule has 154 valence electrons. The van der Waals surface area contributed by atoms with Gasteiger partial charge in [-0.15, -0.1) is 11.3 Å². The topological polar surface area (TPSA) is 84.4 Å². The Kier molecular flexibility index (Phi) is 5.82. The molecule has 0 aliphatic carbocycles. The maximum Gasteiger partial charge on any atom is 0.208 e. The third-order valence-corrected chi connectivity index (χ3v) is 6.63. The first-order valence-corrected chi connectivity index (χ1v) is 12.3. The number of piperidine rings is 1. The first-order valence-electron chi connectivity index (χ1n) is 9.49. The van der Waals surface area contributed by atoms with Crippen molar-refractivity contribution in [3.05, 3.63) is 41.5 Å². The lowest BCUT2D eigenvalue weighted by molar-refractivity contribution is 0.178. The van der Waals surface area contributed by atoms with Gasteiger partial charge >= 0.3 is 0 Å². The molecule has 4 rings (SSSR count). The van der Waals surface area contributed by atoms with Crippen LogP contribution >= 0.6 is 11.3 Å². The molecule has 1 saturated heterocycles. The maximum atomic E-state index is 11.6. The Balaban J connectivity index is 1.71. The van der Waals surface area contributed by atoms with E-state index in [2.05, 4.69) is 27.1 Å². The number of hydrogen-bond donors (Lipinski definition) is 1. The number of anilines is 1. The second-order valence-corrected chi connectivity index (χ2v) is 9.88. The van der Waals surface area contributed by atoms with Crippen LogP contribution in [0.5, 0.6) is 0 Å². The second kappa shape index (κ2) is 8.35. The van der Waals surface area contributed by atoms with Gasteiger partial charge in [-0.1, -0.05) is 30.3 Å². The van der Waals surface area contributed by atoms with Gasteiger partial charge in [0.2, 0.25) is 10.0 Å². The van der Waals surface area contributed by atoms with Crippen molar-refractivity contribution < 1.29 is 13.2 Å². The largest absolute Gasteiger partial charge is 0.377 e. The van der Waals surface area contributed by atoms with Gasteiger partial charge in [0.05, 0.1) is 11.6 Å². The smallest absolute Gasteiger partial charge is 0.208 e. The minimum atomic E-state index is -3.20. The third-order valence-electron chi connectivity index (χ3n) is 4.99. The standard InChI is InChI=1S/C20H24N4O3S2/c1-27-12-17-21-19(24-10-8-15(9-11-24)23-29(2,25)26)18-16(13-28-20(18)22-17)14-6-4-3-5-7-14/h3-7,13,15,23H,8-12H2,1-2H3. The Hall–Kier alpha value is -2.07. The summed E-state index contributed by atoms with van der Waals surface area (Å²) >= 11 is 1.61. The highest BCUT2D eigenvalue weighted by Gasteiger charge is 2.26. The first-order chi connectivity index (χ1) is 13.9. The van der Waals surface area contributed by atoms with E-state index < -0.39 is 10.0 Å². The van der Waals surface area contributed by atoms with E-state index >= 15 is 0 Å². The van der Waals surface area contributed by atoms with E-state index in [4.69, 9.17) is 14.7 Å². The summed E-state index contributed by atoms with van der Waals surface area (Å²) in [6.45, 7) is 1.82. The van der Waals surface area contributed by atoms with Crippen molar-refractivity contribution in [2.24, 2.45) is 0 Å². The Morgan fingerprint density at radius 1 is 1.21 bits per heavy atom. The molecule has 0 unspecified atom stereocenters. The van der Waals surface area contributed by atoms with Crippen molar-refractivity contribution >= 4 is 37.4 Å². The molecule has 0 atom stereocenters. The fourth-order valence-electron chi connectivity index (χ4n) is 3.73. The van der Waals surface area contributed by atoms with Gasteiger partial charge in [0, 0.05) is 37.2 Å². The summed E-state index contributed by atoms with van der Waals surface area (Å²) in [6.07, 6.45) is 2.69. The molecule has 3 aromatic rings. The van der Waals surface area contributed by atoms with Crippen molar-refractivity contribution in [3.63, 3.8) is 0 Å². The molecule has 0 bridgehead atoms. The van der Waals surface area contributed by atoms with E-state index in [0.717, 1.165) is 53.1 Å². The summed E-state index contributed by atoms with van der Waals surface area (Å²) in [7, 11) is -1.56. The van der Waals surface area contributed by atoms with Gasteiger partial charge in [-0.05, 0) is 18.4 Å². The normalized spacial score (nSPS) is 15.9. The maximum absolute atomic E-state index is 11.6. The van der Waals surface area contributed by atoms with E-state index in [9.17, 15) is 8.42 Å². The van der Waals surface area contributed by atoms with Crippen LogP contribution in [0.1, 0.15) is 18.7 Å². The highest BCUT2D eigenvalue weighted by Crippen LogP contribution is 2.39. The molecule has 1 aliphatic rings. The van der Waals surface area contributed by atoms with Crippen molar-refractivity contribution in [3.8, 4) is 11.1 Å². The van der Waals surface area contributed by atoms with Crippen LogP contribution in [0.4, 0.5) is 5.82 Å². The zero-order chi connectivity index (χ0) is 20.4. The van der Waals surface area contributed by atoms with Crippen LogP contribution < -0.4 is 9.62 Å². The van der Waals surface area contributed by atoms with Crippen LogP contribution in [0.25, 0.3) is 21.3 Å². The molecule has 0 spiro atoms. The molecule has 1 fully saturated rings. The number of fused-ring (bicyclic) bond motifs is 1. The van der Waals surface area contributed by atoms with Gasteiger partial charge in [0.15, 0.2) is 5.82 Å². The highest BCUT2D eigenvalue weighted by molar-refractivity contribution is 7.88. The number of rotatable bonds is 6. The zero-order valence-electron chi connectivity index (χ0n) is 16.5. The lowest BCUT2D eigenvalue weighted by atomic mass is 10.0. The second-order valence-electron chi connectivity index (χ2n) is 7.24. The summed E-state index contributed by atoms with van der Waals surface area (Å²) in [5.74, 6) is 1.56. The number of aromatic nitrogens is 2. The minimum absolute atomic E-state index is 0.0342. The number of benzene rings is 1. The van der Waals surface area contributed by atoms with E-state index in [1.165, 1.54) is 6.26 Å². The molecule has 3 heterocycles. The Bertz CT molecular complexity index is 1090. The van der Waals surface area contributed by atoms with Gasteiger partial charge < -0.3 is 9.64 Å². The fraction of sp³-hybridized carbons (Fsp3) is 0.400. The fourth-order valence-corrected chi connectivity index (χ4v) is 5.53. The summed E-state index contributed by atoms with van der Waals surface area (Å²) in [5, 5.41) is 3.18. The summed E-state index contributed by atoms with van der Waals surface area (Å²) in [6, 6.07) is 10.2. The molecule has 2 aromatic heterocycles. The molecule has 0 saturated carbocycles. The highest BCUT2D eigenvalue weighted by atomic mass is 32.2. The molecular weight excluding hydrogens is 408 g/mol. The Morgan fingerprint density at radius 3 is 2.59 bits per heavy atom. The summed E-state index contributed by atoms with van der Waals surface area (Å²) < 4.78 is 31.1. The first kappa shape index (κ1) is 20.2. The number of methoxy groups -OCH3 is 1.